The molecule has 2 aromatic rings. The Bertz CT molecular complexity index is 782. The van der Waals surface area contributed by atoms with Gasteiger partial charge in [-0.05, 0) is 23.8 Å². The summed E-state index contributed by atoms with van der Waals surface area (Å²) in [6.45, 7) is 2.44. The minimum absolute atomic E-state index is 0.0885. The van der Waals surface area contributed by atoms with Gasteiger partial charge in [-0.25, -0.2) is 0 Å². The largest absolute Gasteiger partial charge is 0.493 e. The monoisotopic (exact) mass is 390 g/mol. The third-order valence-electron chi connectivity index (χ3n) is 3.90. The van der Waals surface area contributed by atoms with Gasteiger partial charge in [-0.15, -0.1) is 0 Å². The maximum absolute atomic E-state index is 12.0. The number of rotatable bonds is 9. The van der Waals surface area contributed by atoms with Crippen LogP contribution in [0.15, 0.2) is 48.5 Å². The smallest absolute Gasteiger partial charge is 0.258 e. The van der Waals surface area contributed by atoms with Crippen molar-refractivity contribution in [3.8, 4) is 11.5 Å². The number of benzene rings is 2. The highest BCUT2D eigenvalue weighted by Gasteiger charge is 2.12. The van der Waals surface area contributed by atoms with Crippen LogP contribution in [0, 0.1) is 0 Å². The fourth-order valence-corrected chi connectivity index (χ4v) is 2.64. The van der Waals surface area contributed by atoms with Crippen molar-refractivity contribution >= 4 is 23.4 Å². The standard InChI is InChI=1S/C20H23ClN2O4/c1-15(24)23(13-16-7-3-4-8-17(16)21)12-11-22-20(25)14-27-19-10-6-5-9-18(19)26-2/h3-10H,11-14H2,1-2H3,(H,22,25). The molecule has 2 aromatic carbocycles. The van der Waals surface area contributed by atoms with Gasteiger partial charge in [-0.3, -0.25) is 9.59 Å². The number of halogens is 1. The highest BCUT2D eigenvalue weighted by Crippen LogP contribution is 2.25. The summed E-state index contributed by atoms with van der Waals surface area (Å²) in [5.41, 5.74) is 0.861. The number of para-hydroxylation sites is 2. The van der Waals surface area contributed by atoms with E-state index >= 15 is 0 Å². The van der Waals surface area contributed by atoms with Crippen LogP contribution in [0.4, 0.5) is 0 Å². The van der Waals surface area contributed by atoms with E-state index in [9.17, 15) is 9.59 Å². The Balaban J connectivity index is 1.79. The molecule has 0 aliphatic heterocycles. The zero-order chi connectivity index (χ0) is 19.6. The zero-order valence-electron chi connectivity index (χ0n) is 15.4. The molecule has 2 amide bonds. The predicted molar refractivity (Wildman–Crippen MR) is 104 cm³/mol. The Morgan fingerprint density at radius 3 is 2.41 bits per heavy atom. The first kappa shape index (κ1) is 20.6. The van der Waals surface area contributed by atoms with E-state index in [1.54, 1.807) is 29.2 Å². The zero-order valence-corrected chi connectivity index (χ0v) is 16.2. The van der Waals surface area contributed by atoms with Crippen molar-refractivity contribution in [2.24, 2.45) is 0 Å². The summed E-state index contributed by atoms with van der Waals surface area (Å²) in [5.74, 6) is 0.698. The van der Waals surface area contributed by atoms with Crippen LogP contribution in [0.25, 0.3) is 0 Å². The van der Waals surface area contributed by atoms with Crippen LogP contribution >= 0.6 is 11.6 Å². The molecule has 0 atom stereocenters. The minimum Gasteiger partial charge on any atom is -0.493 e. The first-order valence-corrected chi connectivity index (χ1v) is 8.90. The Labute approximate surface area is 164 Å². The Morgan fingerprint density at radius 1 is 1.07 bits per heavy atom. The van der Waals surface area contributed by atoms with E-state index in [4.69, 9.17) is 21.1 Å². The normalized spacial score (nSPS) is 10.2. The second-order valence-corrected chi connectivity index (χ2v) is 6.23. The number of amides is 2. The third kappa shape index (κ3) is 6.49. The van der Waals surface area contributed by atoms with Crippen LogP contribution < -0.4 is 14.8 Å². The van der Waals surface area contributed by atoms with Gasteiger partial charge in [0.25, 0.3) is 5.91 Å². The van der Waals surface area contributed by atoms with Crippen LogP contribution in [-0.4, -0.2) is 43.5 Å². The molecule has 6 nitrogen and oxygen atoms in total. The topological polar surface area (TPSA) is 67.9 Å². The number of ether oxygens (including phenoxy) is 2. The molecular formula is C20H23ClN2O4. The molecule has 0 bridgehead atoms. The number of methoxy groups -OCH3 is 1. The number of carbonyl (C=O) groups is 2. The van der Waals surface area contributed by atoms with E-state index in [1.165, 1.54) is 14.0 Å². The second-order valence-electron chi connectivity index (χ2n) is 5.82. The second kappa shape index (κ2) is 10.4. The number of nitrogens with one attached hydrogen (secondary N) is 1. The average Bonchev–Trinajstić information content (AvgIpc) is 2.67. The van der Waals surface area contributed by atoms with E-state index < -0.39 is 0 Å². The number of hydrogen-bond donors (Lipinski definition) is 1. The van der Waals surface area contributed by atoms with Gasteiger partial charge in [-0.1, -0.05) is 41.9 Å². The third-order valence-corrected chi connectivity index (χ3v) is 4.26. The molecule has 0 saturated heterocycles. The number of hydrogen-bond acceptors (Lipinski definition) is 4. The van der Waals surface area contributed by atoms with Crippen molar-refractivity contribution in [3.05, 3.63) is 59.1 Å². The van der Waals surface area contributed by atoms with Crippen LogP contribution in [0.2, 0.25) is 5.02 Å². The molecule has 0 spiro atoms. The molecule has 0 fully saturated rings. The molecule has 0 heterocycles. The Hall–Kier alpha value is -2.73. The van der Waals surface area contributed by atoms with Crippen molar-refractivity contribution in [1.29, 1.82) is 0 Å². The predicted octanol–water partition coefficient (Wildman–Crippen LogP) is 2.89. The summed E-state index contributed by atoms with van der Waals surface area (Å²) in [4.78, 5) is 25.5. The van der Waals surface area contributed by atoms with Gasteiger partial charge in [-0.2, -0.15) is 0 Å². The van der Waals surface area contributed by atoms with E-state index in [0.717, 1.165) is 5.56 Å². The van der Waals surface area contributed by atoms with Crippen molar-refractivity contribution in [2.45, 2.75) is 13.5 Å². The lowest BCUT2D eigenvalue weighted by Gasteiger charge is -2.22. The van der Waals surface area contributed by atoms with Gasteiger partial charge >= 0.3 is 0 Å². The lowest BCUT2D eigenvalue weighted by molar-refractivity contribution is -0.130. The highest BCUT2D eigenvalue weighted by atomic mass is 35.5. The molecule has 0 aromatic heterocycles. The van der Waals surface area contributed by atoms with Crippen LogP contribution in [0.3, 0.4) is 0 Å². The molecule has 2 rings (SSSR count). The first-order valence-electron chi connectivity index (χ1n) is 8.52. The van der Waals surface area contributed by atoms with Gasteiger partial charge in [0.15, 0.2) is 18.1 Å². The summed E-state index contributed by atoms with van der Waals surface area (Å²) in [6.07, 6.45) is 0. The molecule has 0 aliphatic rings. The van der Waals surface area contributed by atoms with Gasteiger partial charge in [0.2, 0.25) is 5.91 Å². The maximum atomic E-state index is 12.0. The SMILES string of the molecule is COc1ccccc1OCC(=O)NCCN(Cc1ccccc1Cl)C(C)=O. The lowest BCUT2D eigenvalue weighted by atomic mass is 10.2. The van der Waals surface area contributed by atoms with Gasteiger partial charge < -0.3 is 19.7 Å². The van der Waals surface area contributed by atoms with Gasteiger partial charge in [0.05, 0.1) is 7.11 Å². The molecule has 27 heavy (non-hydrogen) atoms. The summed E-state index contributed by atoms with van der Waals surface area (Å²) < 4.78 is 10.6. The van der Waals surface area contributed by atoms with Crippen molar-refractivity contribution in [2.75, 3.05) is 26.8 Å². The molecule has 144 valence electrons. The van der Waals surface area contributed by atoms with Crippen LogP contribution in [-0.2, 0) is 16.1 Å². The maximum Gasteiger partial charge on any atom is 0.258 e. The number of nitrogens with zero attached hydrogens (tertiary/aromatic N) is 1. The highest BCUT2D eigenvalue weighted by molar-refractivity contribution is 6.31. The van der Waals surface area contributed by atoms with Crippen LogP contribution in [0.1, 0.15) is 12.5 Å². The minimum atomic E-state index is -0.276. The van der Waals surface area contributed by atoms with E-state index in [-0.39, 0.29) is 18.4 Å². The van der Waals surface area contributed by atoms with Crippen LogP contribution in [0.5, 0.6) is 11.5 Å². The quantitative estimate of drug-likeness (QED) is 0.714. The van der Waals surface area contributed by atoms with E-state index in [1.807, 2.05) is 24.3 Å². The van der Waals surface area contributed by atoms with Gasteiger partial charge in [0, 0.05) is 31.6 Å². The van der Waals surface area contributed by atoms with Gasteiger partial charge in [0.1, 0.15) is 0 Å². The van der Waals surface area contributed by atoms with Crippen molar-refractivity contribution in [3.63, 3.8) is 0 Å². The first-order chi connectivity index (χ1) is 13.0. The fourth-order valence-electron chi connectivity index (χ4n) is 2.44. The fraction of sp³-hybridized carbons (Fsp3) is 0.300. The molecule has 0 saturated carbocycles. The van der Waals surface area contributed by atoms with E-state index in [2.05, 4.69) is 5.32 Å². The Morgan fingerprint density at radius 2 is 1.74 bits per heavy atom. The molecule has 0 aliphatic carbocycles. The van der Waals surface area contributed by atoms with Crippen molar-refractivity contribution < 1.29 is 19.1 Å². The molecule has 0 unspecified atom stereocenters. The molecular weight excluding hydrogens is 368 g/mol. The number of carbonyl (C=O) groups excluding carboxylic acids is 2. The molecule has 0 radical (unpaired) electrons. The summed E-state index contributed by atoms with van der Waals surface area (Å²) >= 11 is 6.15. The molecule has 7 heteroatoms. The average molecular weight is 391 g/mol. The van der Waals surface area contributed by atoms with Crippen molar-refractivity contribution in [1.82, 2.24) is 10.2 Å². The summed E-state index contributed by atoms with van der Waals surface area (Å²) in [5, 5.41) is 3.35. The summed E-state index contributed by atoms with van der Waals surface area (Å²) in [6, 6.07) is 14.5. The van der Waals surface area contributed by atoms with E-state index in [0.29, 0.717) is 36.2 Å². The molecule has 1 N–H and O–H groups in total. The summed E-state index contributed by atoms with van der Waals surface area (Å²) in [7, 11) is 1.54. The Kier molecular flexibility index (Phi) is 7.95. The lowest BCUT2D eigenvalue weighted by Crippen LogP contribution is -2.38.